The second-order valence-electron chi connectivity index (χ2n) is 6.13. The first-order chi connectivity index (χ1) is 10.2. The Hall–Kier alpha value is -1.88. The highest BCUT2D eigenvalue weighted by Gasteiger charge is 2.34. The predicted molar refractivity (Wildman–Crippen MR) is 79.2 cm³/mol. The summed E-state index contributed by atoms with van der Waals surface area (Å²) in [6.45, 7) is 5.16. The lowest BCUT2D eigenvalue weighted by Gasteiger charge is -2.44. The van der Waals surface area contributed by atoms with Gasteiger partial charge in [0.25, 0.3) is 5.91 Å². The van der Waals surface area contributed by atoms with Crippen molar-refractivity contribution < 1.29 is 9.21 Å². The number of fused-ring (bicyclic) bond motifs is 4. The van der Waals surface area contributed by atoms with Gasteiger partial charge in [-0.1, -0.05) is 0 Å². The summed E-state index contributed by atoms with van der Waals surface area (Å²) in [7, 11) is 0. The highest BCUT2D eigenvalue weighted by atomic mass is 16.3. The summed E-state index contributed by atoms with van der Waals surface area (Å²) in [6, 6.07) is 5.72. The molecule has 0 spiro atoms. The molecule has 0 saturated carbocycles. The molecule has 3 saturated heterocycles. The number of rotatable bonds is 2. The number of amides is 1. The number of hydrogen-bond donors (Lipinski definition) is 1. The van der Waals surface area contributed by atoms with Crippen LogP contribution in [0.15, 0.2) is 22.6 Å². The van der Waals surface area contributed by atoms with Crippen molar-refractivity contribution in [3.8, 4) is 0 Å². The van der Waals surface area contributed by atoms with E-state index in [0.717, 1.165) is 17.6 Å². The van der Waals surface area contributed by atoms with E-state index in [-0.39, 0.29) is 11.9 Å². The van der Waals surface area contributed by atoms with Gasteiger partial charge < -0.3 is 14.6 Å². The molecule has 2 bridgehead atoms. The number of nitrogens with zero attached hydrogens (tertiary/aromatic N) is 2. The second-order valence-corrected chi connectivity index (χ2v) is 6.13. The van der Waals surface area contributed by atoms with E-state index in [1.165, 1.54) is 25.9 Å². The van der Waals surface area contributed by atoms with Crippen molar-refractivity contribution in [3.05, 3.63) is 29.7 Å². The Bertz CT molecular complexity index is 686. The monoisotopic (exact) mass is 285 g/mol. The van der Waals surface area contributed by atoms with Crippen LogP contribution in [0.25, 0.3) is 11.1 Å². The van der Waals surface area contributed by atoms with Gasteiger partial charge in [-0.15, -0.1) is 0 Å². The van der Waals surface area contributed by atoms with Gasteiger partial charge in [-0.25, -0.2) is 4.98 Å². The first-order valence-corrected chi connectivity index (χ1v) is 7.59. The van der Waals surface area contributed by atoms with Crippen molar-refractivity contribution in [2.75, 3.05) is 19.6 Å². The maximum absolute atomic E-state index is 12.5. The van der Waals surface area contributed by atoms with E-state index < -0.39 is 0 Å². The van der Waals surface area contributed by atoms with Gasteiger partial charge in [0.1, 0.15) is 5.52 Å². The van der Waals surface area contributed by atoms with Crippen LogP contribution < -0.4 is 5.32 Å². The fourth-order valence-electron chi connectivity index (χ4n) is 3.56. The van der Waals surface area contributed by atoms with E-state index in [0.29, 0.717) is 17.4 Å². The first kappa shape index (κ1) is 12.8. The molecular formula is C16H19N3O2. The van der Waals surface area contributed by atoms with E-state index >= 15 is 0 Å². The van der Waals surface area contributed by atoms with Gasteiger partial charge in [0.05, 0.1) is 0 Å². The Morgan fingerprint density at radius 3 is 2.90 bits per heavy atom. The highest BCUT2D eigenvalue weighted by Crippen LogP contribution is 2.27. The number of oxazole rings is 1. The normalized spacial score (nSPS) is 28.0. The maximum Gasteiger partial charge on any atom is 0.251 e. The third kappa shape index (κ3) is 2.31. The Morgan fingerprint density at radius 2 is 2.19 bits per heavy atom. The molecular weight excluding hydrogens is 266 g/mol. The third-order valence-electron chi connectivity index (χ3n) is 4.73. The van der Waals surface area contributed by atoms with Crippen LogP contribution in [0.4, 0.5) is 0 Å². The number of hydrogen-bond acceptors (Lipinski definition) is 4. The number of benzene rings is 1. The number of aromatic nitrogens is 1. The van der Waals surface area contributed by atoms with Gasteiger partial charge in [0.15, 0.2) is 11.5 Å². The van der Waals surface area contributed by atoms with Crippen molar-refractivity contribution in [1.82, 2.24) is 15.2 Å². The number of carbonyl (C=O) groups excluding carboxylic acids is 1. The lowest BCUT2D eigenvalue weighted by molar-refractivity contribution is 0.0620. The molecule has 4 heterocycles. The molecule has 0 radical (unpaired) electrons. The van der Waals surface area contributed by atoms with Crippen LogP contribution in [0.3, 0.4) is 0 Å². The van der Waals surface area contributed by atoms with Gasteiger partial charge in [-0.3, -0.25) is 4.79 Å². The molecule has 3 fully saturated rings. The molecule has 0 unspecified atom stereocenters. The fraction of sp³-hybridized carbons (Fsp3) is 0.500. The molecule has 1 amide bonds. The van der Waals surface area contributed by atoms with Gasteiger partial charge in [0.2, 0.25) is 0 Å². The van der Waals surface area contributed by atoms with Crippen LogP contribution in [-0.4, -0.2) is 41.5 Å². The molecule has 1 atom stereocenters. The lowest BCUT2D eigenvalue weighted by atomic mass is 9.84. The van der Waals surface area contributed by atoms with Crippen molar-refractivity contribution in [1.29, 1.82) is 0 Å². The summed E-state index contributed by atoms with van der Waals surface area (Å²) < 4.78 is 5.44. The van der Waals surface area contributed by atoms with E-state index in [1.54, 1.807) is 0 Å². The van der Waals surface area contributed by atoms with E-state index in [1.807, 2.05) is 25.1 Å². The zero-order chi connectivity index (χ0) is 14.4. The number of aryl methyl sites for hydroxylation is 1. The Balaban J connectivity index is 1.53. The quantitative estimate of drug-likeness (QED) is 0.916. The average Bonchev–Trinajstić information content (AvgIpc) is 2.87. The van der Waals surface area contributed by atoms with Crippen molar-refractivity contribution in [3.63, 3.8) is 0 Å². The first-order valence-electron chi connectivity index (χ1n) is 7.59. The molecule has 1 N–H and O–H groups in total. The minimum atomic E-state index is -0.00342. The summed E-state index contributed by atoms with van der Waals surface area (Å²) in [5.74, 6) is 1.26. The van der Waals surface area contributed by atoms with E-state index in [4.69, 9.17) is 4.42 Å². The zero-order valence-electron chi connectivity index (χ0n) is 12.1. The van der Waals surface area contributed by atoms with Crippen molar-refractivity contribution in [2.45, 2.75) is 25.8 Å². The number of nitrogens with one attached hydrogen (secondary N) is 1. The molecule has 1 aromatic carbocycles. The highest BCUT2D eigenvalue weighted by molar-refractivity contribution is 5.97. The Kier molecular flexibility index (Phi) is 2.96. The van der Waals surface area contributed by atoms with Gasteiger partial charge in [0, 0.05) is 25.1 Å². The van der Waals surface area contributed by atoms with Crippen LogP contribution in [0.2, 0.25) is 0 Å². The summed E-state index contributed by atoms with van der Waals surface area (Å²) in [6.07, 6.45) is 2.40. The SMILES string of the molecule is Cc1nc2cc(C(=O)N[C@@H]3CN4CCC3CC4)ccc2o1. The smallest absolute Gasteiger partial charge is 0.251 e. The minimum Gasteiger partial charge on any atom is -0.441 e. The molecule has 3 aliphatic heterocycles. The molecule has 21 heavy (non-hydrogen) atoms. The van der Waals surface area contributed by atoms with Crippen LogP contribution >= 0.6 is 0 Å². The van der Waals surface area contributed by atoms with Gasteiger partial charge >= 0.3 is 0 Å². The topological polar surface area (TPSA) is 58.4 Å². The zero-order valence-corrected chi connectivity index (χ0v) is 12.1. The number of piperidine rings is 3. The predicted octanol–water partition coefficient (Wildman–Crippen LogP) is 1.96. The fourth-order valence-corrected chi connectivity index (χ4v) is 3.56. The molecule has 1 aromatic heterocycles. The maximum atomic E-state index is 12.5. The second kappa shape index (κ2) is 4.84. The number of carbonyl (C=O) groups is 1. The molecule has 110 valence electrons. The Morgan fingerprint density at radius 1 is 1.38 bits per heavy atom. The van der Waals surface area contributed by atoms with Crippen LogP contribution in [-0.2, 0) is 0 Å². The summed E-state index contributed by atoms with van der Waals surface area (Å²) in [5.41, 5.74) is 2.13. The molecule has 2 aromatic rings. The van der Waals surface area contributed by atoms with Crippen molar-refractivity contribution >= 4 is 17.0 Å². The van der Waals surface area contributed by atoms with Crippen molar-refractivity contribution in [2.24, 2.45) is 5.92 Å². The molecule has 5 heteroatoms. The standard InChI is InChI=1S/C16H19N3O2/c1-10-17-13-8-12(2-3-15(13)21-10)16(20)18-14-9-19-6-4-11(14)5-7-19/h2-3,8,11,14H,4-7,9H2,1H3,(H,18,20)/t14-/m1/s1. The van der Waals surface area contributed by atoms with Gasteiger partial charge in [-0.05, 0) is 50.0 Å². The lowest BCUT2D eigenvalue weighted by Crippen LogP contribution is -2.57. The third-order valence-corrected chi connectivity index (χ3v) is 4.73. The Labute approximate surface area is 123 Å². The van der Waals surface area contributed by atoms with Gasteiger partial charge in [-0.2, -0.15) is 0 Å². The minimum absolute atomic E-state index is 0.00342. The molecule has 5 nitrogen and oxygen atoms in total. The van der Waals surface area contributed by atoms with E-state index in [9.17, 15) is 4.79 Å². The molecule has 0 aliphatic carbocycles. The summed E-state index contributed by atoms with van der Waals surface area (Å²) >= 11 is 0. The summed E-state index contributed by atoms with van der Waals surface area (Å²) in [5, 5.41) is 3.20. The molecule has 5 rings (SSSR count). The molecule has 3 aliphatic rings. The van der Waals surface area contributed by atoms with Crippen LogP contribution in [0.5, 0.6) is 0 Å². The summed E-state index contributed by atoms with van der Waals surface area (Å²) in [4.78, 5) is 19.2. The van der Waals surface area contributed by atoms with Crippen LogP contribution in [0, 0.1) is 12.8 Å². The average molecular weight is 285 g/mol. The van der Waals surface area contributed by atoms with E-state index in [2.05, 4.69) is 15.2 Å². The largest absolute Gasteiger partial charge is 0.441 e. The van der Waals surface area contributed by atoms with Crippen LogP contribution in [0.1, 0.15) is 29.1 Å².